The minimum atomic E-state index is -0.439. The third kappa shape index (κ3) is 5.98. The van der Waals surface area contributed by atoms with Crippen molar-refractivity contribution >= 4 is 23.4 Å². The molecule has 0 saturated carbocycles. The largest absolute Gasteiger partial charge is 0.445 e. The molecule has 0 radical (unpaired) electrons. The number of halogens is 1. The van der Waals surface area contributed by atoms with E-state index in [2.05, 4.69) is 39.1 Å². The van der Waals surface area contributed by atoms with Gasteiger partial charge in [0.2, 0.25) is 0 Å². The molecule has 0 bridgehead atoms. The summed E-state index contributed by atoms with van der Waals surface area (Å²) >= 11 is 6.55. The maximum Gasteiger partial charge on any atom is 0.410 e. The zero-order valence-electron chi connectivity index (χ0n) is 21.6. The van der Waals surface area contributed by atoms with Crippen molar-refractivity contribution < 1.29 is 9.53 Å². The summed E-state index contributed by atoms with van der Waals surface area (Å²) in [6.45, 7) is 3.72. The molecule has 0 aliphatic carbocycles. The fourth-order valence-electron chi connectivity index (χ4n) is 5.39. The first-order valence-corrected chi connectivity index (χ1v) is 13.4. The summed E-state index contributed by atoms with van der Waals surface area (Å²) in [5.41, 5.74) is 5.17. The topological polar surface area (TPSA) is 96.5 Å². The minimum Gasteiger partial charge on any atom is -0.445 e. The van der Waals surface area contributed by atoms with Gasteiger partial charge in [-0.25, -0.2) is 9.78 Å². The Kier molecular flexibility index (Phi) is 8.27. The van der Waals surface area contributed by atoms with Gasteiger partial charge in [0.25, 0.3) is 0 Å². The first-order chi connectivity index (χ1) is 19.1. The van der Waals surface area contributed by atoms with Crippen LogP contribution in [0.3, 0.4) is 0 Å². The highest BCUT2D eigenvalue weighted by atomic mass is 35.5. The van der Waals surface area contributed by atoms with Gasteiger partial charge < -0.3 is 14.5 Å². The lowest BCUT2D eigenvalue weighted by Gasteiger charge is -2.42. The molecule has 1 amide bonds. The maximum absolute atomic E-state index is 13.0. The molecule has 3 heterocycles. The molecular formula is C30H29ClN6O2. The van der Waals surface area contributed by atoms with Crippen molar-refractivity contribution in [2.75, 3.05) is 31.1 Å². The molecule has 39 heavy (non-hydrogen) atoms. The van der Waals surface area contributed by atoms with Gasteiger partial charge in [-0.3, -0.25) is 4.90 Å². The van der Waals surface area contributed by atoms with Crippen molar-refractivity contribution in [3.05, 3.63) is 93.8 Å². The Bertz CT molecular complexity index is 1400. The standard InChI is InChI=1S/C30H29ClN6O2/c31-29-26(17-33)28(25-12-14-35(20-27(25)34-29)18-22-7-3-1-4-8-22)36-15-16-37(24(19-36)11-13-32)30(38)39-21-23-9-5-2-6-10-23/h1-10,24H,11-12,14-16,18-21H2/t24-/m0/s1. The highest BCUT2D eigenvalue weighted by Gasteiger charge is 2.35. The zero-order chi connectivity index (χ0) is 27.2. The van der Waals surface area contributed by atoms with Crippen LogP contribution in [0.4, 0.5) is 10.5 Å². The van der Waals surface area contributed by atoms with Crippen LogP contribution in [0, 0.1) is 22.7 Å². The van der Waals surface area contributed by atoms with Gasteiger partial charge in [0, 0.05) is 44.8 Å². The van der Waals surface area contributed by atoms with Gasteiger partial charge in [0.1, 0.15) is 23.4 Å². The van der Waals surface area contributed by atoms with Crippen LogP contribution in [0.1, 0.15) is 34.4 Å². The molecule has 2 aromatic carbocycles. The summed E-state index contributed by atoms with van der Waals surface area (Å²) in [5.74, 6) is 0. The lowest BCUT2D eigenvalue weighted by molar-refractivity contribution is 0.0768. The number of anilines is 1. The van der Waals surface area contributed by atoms with Crippen molar-refractivity contribution in [2.45, 2.75) is 38.6 Å². The number of carbonyl (C=O) groups excluding carboxylic acids is 1. The van der Waals surface area contributed by atoms with Gasteiger partial charge in [0.15, 0.2) is 0 Å². The summed E-state index contributed by atoms with van der Waals surface area (Å²) < 4.78 is 5.57. The number of piperazine rings is 1. The number of nitrogens with zero attached hydrogens (tertiary/aromatic N) is 6. The van der Waals surface area contributed by atoms with Gasteiger partial charge in [-0.05, 0) is 17.5 Å². The number of pyridine rings is 1. The highest BCUT2D eigenvalue weighted by Crippen LogP contribution is 2.36. The number of hydrogen-bond donors (Lipinski definition) is 0. The van der Waals surface area contributed by atoms with Gasteiger partial charge >= 0.3 is 6.09 Å². The molecule has 9 heteroatoms. The van der Waals surface area contributed by atoms with Gasteiger partial charge in [-0.2, -0.15) is 10.5 Å². The SMILES string of the molecule is N#CC[C@H]1CN(c2c(C#N)c(Cl)nc3c2CCN(Cc2ccccc2)C3)CCN1C(=O)OCc1ccccc1. The van der Waals surface area contributed by atoms with Crippen LogP contribution in [0.25, 0.3) is 0 Å². The molecule has 2 aliphatic heterocycles. The second-order valence-electron chi connectivity index (χ2n) is 9.81. The van der Waals surface area contributed by atoms with Gasteiger partial charge in [0.05, 0.1) is 29.9 Å². The number of nitriles is 2. The van der Waals surface area contributed by atoms with Crippen LogP contribution < -0.4 is 4.90 Å². The molecule has 0 N–H and O–H groups in total. The molecule has 2 aliphatic rings. The van der Waals surface area contributed by atoms with E-state index in [9.17, 15) is 15.3 Å². The van der Waals surface area contributed by atoms with E-state index in [1.165, 1.54) is 5.56 Å². The molecule has 0 unspecified atom stereocenters. The number of benzene rings is 2. The Labute approximate surface area is 233 Å². The van der Waals surface area contributed by atoms with Crippen molar-refractivity contribution in [1.82, 2.24) is 14.8 Å². The molecule has 1 fully saturated rings. The second-order valence-corrected chi connectivity index (χ2v) is 10.2. The summed E-state index contributed by atoms with van der Waals surface area (Å²) in [6.07, 6.45) is 0.453. The van der Waals surface area contributed by atoms with E-state index in [0.717, 1.165) is 42.0 Å². The van der Waals surface area contributed by atoms with E-state index in [1.807, 2.05) is 48.5 Å². The highest BCUT2D eigenvalue weighted by molar-refractivity contribution is 6.31. The third-order valence-corrected chi connectivity index (χ3v) is 7.56. The van der Waals surface area contributed by atoms with E-state index in [1.54, 1.807) is 4.90 Å². The Morgan fingerprint density at radius 3 is 2.44 bits per heavy atom. The molecule has 3 aromatic rings. The fraction of sp³-hybridized carbons (Fsp3) is 0.333. The van der Waals surface area contributed by atoms with Crippen LogP contribution in [-0.4, -0.2) is 53.1 Å². The lowest BCUT2D eigenvalue weighted by Crippen LogP contribution is -2.55. The number of fused-ring (bicyclic) bond motifs is 1. The molecular weight excluding hydrogens is 512 g/mol. The summed E-state index contributed by atoms with van der Waals surface area (Å²) in [7, 11) is 0. The number of carbonyl (C=O) groups is 1. The summed E-state index contributed by atoms with van der Waals surface area (Å²) in [4.78, 5) is 23.7. The van der Waals surface area contributed by atoms with Crippen LogP contribution in [-0.2, 0) is 30.9 Å². The summed E-state index contributed by atoms with van der Waals surface area (Å²) in [6, 6.07) is 23.9. The number of hydrogen-bond acceptors (Lipinski definition) is 7. The quantitative estimate of drug-likeness (QED) is 0.410. The molecule has 1 atom stereocenters. The molecule has 198 valence electrons. The average Bonchev–Trinajstić information content (AvgIpc) is 2.96. The maximum atomic E-state index is 13.0. The van der Waals surface area contributed by atoms with Gasteiger partial charge in [-0.15, -0.1) is 0 Å². The molecule has 1 aromatic heterocycles. The smallest absolute Gasteiger partial charge is 0.410 e. The monoisotopic (exact) mass is 540 g/mol. The van der Waals surface area contributed by atoms with E-state index in [4.69, 9.17) is 16.3 Å². The Balaban J connectivity index is 1.35. The van der Waals surface area contributed by atoms with Crippen molar-refractivity contribution in [2.24, 2.45) is 0 Å². The zero-order valence-corrected chi connectivity index (χ0v) is 22.3. The molecule has 0 spiro atoms. The van der Waals surface area contributed by atoms with Crippen molar-refractivity contribution in [3.8, 4) is 12.1 Å². The van der Waals surface area contributed by atoms with E-state index in [-0.39, 0.29) is 24.2 Å². The van der Waals surface area contributed by atoms with Gasteiger partial charge in [-0.1, -0.05) is 72.3 Å². The average molecular weight is 541 g/mol. The van der Waals surface area contributed by atoms with E-state index >= 15 is 0 Å². The first kappa shape index (κ1) is 26.5. The molecule has 1 saturated heterocycles. The normalized spacial score (nSPS) is 17.2. The predicted molar refractivity (Wildman–Crippen MR) is 148 cm³/mol. The number of rotatable bonds is 6. The third-order valence-electron chi connectivity index (χ3n) is 7.29. The number of aromatic nitrogens is 1. The second kappa shape index (κ2) is 12.2. The Morgan fingerprint density at radius 1 is 1.03 bits per heavy atom. The molecule has 8 nitrogen and oxygen atoms in total. The first-order valence-electron chi connectivity index (χ1n) is 13.0. The number of ether oxygens (including phenoxy) is 1. The van der Waals surface area contributed by atoms with Crippen LogP contribution in [0.2, 0.25) is 5.15 Å². The van der Waals surface area contributed by atoms with E-state index in [0.29, 0.717) is 31.7 Å². The Morgan fingerprint density at radius 2 is 1.74 bits per heavy atom. The Hall–Kier alpha value is -4.11. The predicted octanol–water partition coefficient (Wildman–Crippen LogP) is 4.91. The van der Waals surface area contributed by atoms with Crippen LogP contribution >= 0.6 is 11.6 Å². The van der Waals surface area contributed by atoms with Crippen LogP contribution in [0.5, 0.6) is 0 Å². The lowest BCUT2D eigenvalue weighted by atomic mass is 9.97. The summed E-state index contributed by atoms with van der Waals surface area (Å²) in [5, 5.41) is 19.7. The van der Waals surface area contributed by atoms with Crippen molar-refractivity contribution in [3.63, 3.8) is 0 Å². The van der Waals surface area contributed by atoms with Crippen LogP contribution in [0.15, 0.2) is 60.7 Å². The van der Waals surface area contributed by atoms with Crippen molar-refractivity contribution in [1.29, 1.82) is 10.5 Å². The number of amides is 1. The molecule has 5 rings (SSSR count). The fourth-order valence-corrected chi connectivity index (χ4v) is 5.62. The minimum absolute atomic E-state index is 0.157. The van der Waals surface area contributed by atoms with E-state index < -0.39 is 6.09 Å².